The van der Waals surface area contributed by atoms with Crippen LogP contribution in [0, 0.1) is 0 Å². The molecule has 0 radical (unpaired) electrons. The van der Waals surface area contributed by atoms with Crippen LogP contribution in [0.3, 0.4) is 0 Å². The lowest BCUT2D eigenvalue weighted by Gasteiger charge is -2.09. The van der Waals surface area contributed by atoms with E-state index in [1.54, 1.807) is 12.1 Å². The average molecular weight is 299 g/mol. The molecule has 1 N–H and O–H groups in total. The van der Waals surface area contributed by atoms with Gasteiger partial charge in [-0.3, -0.25) is 5.43 Å². The van der Waals surface area contributed by atoms with Crippen molar-refractivity contribution < 1.29 is 13.2 Å². The second kappa shape index (κ2) is 5.96. The van der Waals surface area contributed by atoms with Crippen molar-refractivity contribution in [2.24, 2.45) is 5.10 Å². The summed E-state index contributed by atoms with van der Waals surface area (Å²) in [6.07, 6.45) is -3.17. The molecule has 0 fully saturated rings. The highest BCUT2D eigenvalue weighted by Gasteiger charge is 2.33. The van der Waals surface area contributed by atoms with Crippen molar-refractivity contribution in [1.82, 2.24) is 0 Å². The van der Waals surface area contributed by atoms with E-state index in [-0.39, 0.29) is 5.02 Å². The quantitative estimate of drug-likeness (QED) is 0.638. The first-order valence-electron chi connectivity index (χ1n) is 5.68. The van der Waals surface area contributed by atoms with Gasteiger partial charge in [-0.25, -0.2) is 0 Å². The van der Waals surface area contributed by atoms with Crippen LogP contribution in [0.1, 0.15) is 11.1 Å². The van der Waals surface area contributed by atoms with Gasteiger partial charge < -0.3 is 0 Å². The van der Waals surface area contributed by atoms with Crippen molar-refractivity contribution >= 4 is 23.5 Å². The van der Waals surface area contributed by atoms with Crippen molar-refractivity contribution in [3.63, 3.8) is 0 Å². The third-order valence-corrected chi connectivity index (χ3v) is 2.81. The number of hydrogen-bond donors (Lipinski definition) is 1. The maximum Gasteiger partial charge on any atom is 0.417 e. The molecule has 0 aliphatic heterocycles. The topological polar surface area (TPSA) is 24.4 Å². The second-order valence-electron chi connectivity index (χ2n) is 3.97. The van der Waals surface area contributed by atoms with Crippen molar-refractivity contribution in [2.75, 3.05) is 5.43 Å². The lowest BCUT2D eigenvalue weighted by atomic mass is 10.1. The standard InChI is InChI=1S/C14H10ClF3N2/c15-13-7-6-10(8-12(13)14(16,17)18)9-19-20-11-4-2-1-3-5-11/h1-9,20H. The molecule has 0 spiro atoms. The second-order valence-corrected chi connectivity index (χ2v) is 4.38. The van der Waals surface area contributed by atoms with Crippen molar-refractivity contribution in [3.8, 4) is 0 Å². The molecule has 2 aromatic carbocycles. The van der Waals surface area contributed by atoms with Crippen LogP contribution in [0.4, 0.5) is 18.9 Å². The molecule has 6 heteroatoms. The summed E-state index contributed by atoms with van der Waals surface area (Å²) >= 11 is 5.53. The molecule has 104 valence electrons. The average Bonchev–Trinajstić information content (AvgIpc) is 2.40. The largest absolute Gasteiger partial charge is 0.417 e. The van der Waals surface area contributed by atoms with Gasteiger partial charge in [-0.1, -0.05) is 35.9 Å². The molecule has 0 saturated carbocycles. The van der Waals surface area contributed by atoms with Crippen LogP contribution in [-0.2, 0) is 6.18 Å². The molecular weight excluding hydrogens is 289 g/mol. The molecule has 0 amide bonds. The summed E-state index contributed by atoms with van der Waals surface area (Å²) in [5.74, 6) is 0. The minimum Gasteiger partial charge on any atom is -0.279 e. The van der Waals surface area contributed by atoms with Crippen LogP contribution < -0.4 is 5.43 Å². The van der Waals surface area contributed by atoms with Crippen molar-refractivity contribution in [2.45, 2.75) is 6.18 Å². The van der Waals surface area contributed by atoms with Crippen LogP contribution in [0.25, 0.3) is 0 Å². The molecule has 0 atom stereocenters. The number of hydrazone groups is 1. The van der Waals surface area contributed by atoms with Gasteiger partial charge in [0.2, 0.25) is 0 Å². The lowest BCUT2D eigenvalue weighted by Crippen LogP contribution is -2.06. The molecule has 0 aliphatic rings. The Morgan fingerprint density at radius 1 is 1.05 bits per heavy atom. The first-order valence-corrected chi connectivity index (χ1v) is 6.05. The summed E-state index contributed by atoms with van der Waals surface area (Å²) in [7, 11) is 0. The van der Waals surface area contributed by atoms with E-state index in [0.29, 0.717) is 5.56 Å². The number of halogens is 4. The maximum absolute atomic E-state index is 12.7. The van der Waals surface area contributed by atoms with Crippen LogP contribution in [-0.4, -0.2) is 6.21 Å². The van der Waals surface area contributed by atoms with E-state index in [4.69, 9.17) is 11.6 Å². The summed E-state index contributed by atoms with van der Waals surface area (Å²) in [5.41, 5.74) is 2.90. The first kappa shape index (κ1) is 14.4. The predicted molar refractivity (Wildman–Crippen MR) is 74.1 cm³/mol. The van der Waals surface area contributed by atoms with Gasteiger partial charge in [0.15, 0.2) is 0 Å². The summed E-state index contributed by atoms with van der Waals surface area (Å²) in [5, 5.41) is 3.55. The zero-order chi connectivity index (χ0) is 14.6. The zero-order valence-electron chi connectivity index (χ0n) is 10.2. The van der Waals surface area contributed by atoms with E-state index >= 15 is 0 Å². The zero-order valence-corrected chi connectivity index (χ0v) is 10.9. The van der Waals surface area contributed by atoms with Gasteiger partial charge in [0.25, 0.3) is 0 Å². The molecule has 20 heavy (non-hydrogen) atoms. The van der Waals surface area contributed by atoms with Crippen LogP contribution in [0.2, 0.25) is 5.02 Å². The third-order valence-electron chi connectivity index (χ3n) is 2.48. The van der Waals surface area contributed by atoms with E-state index in [1.807, 2.05) is 18.2 Å². The Hall–Kier alpha value is -2.01. The van der Waals surface area contributed by atoms with Crippen molar-refractivity contribution in [1.29, 1.82) is 0 Å². The third kappa shape index (κ3) is 3.74. The molecule has 0 bridgehead atoms. The number of nitrogens with zero attached hydrogens (tertiary/aromatic N) is 1. The van der Waals surface area contributed by atoms with Crippen LogP contribution >= 0.6 is 11.6 Å². The SMILES string of the molecule is FC(F)(F)c1cc(C=NNc2ccccc2)ccc1Cl. The van der Waals surface area contributed by atoms with Crippen LogP contribution in [0.5, 0.6) is 0 Å². The summed E-state index contributed by atoms with van der Waals surface area (Å²) < 4.78 is 38.0. The van der Waals surface area contributed by atoms with Gasteiger partial charge in [0, 0.05) is 0 Å². The predicted octanol–water partition coefficient (Wildman–Crippen LogP) is 4.80. The summed E-state index contributed by atoms with van der Waals surface area (Å²) in [4.78, 5) is 0. The first-order chi connectivity index (χ1) is 9.47. The molecule has 2 nitrogen and oxygen atoms in total. The van der Waals surface area contributed by atoms with Crippen molar-refractivity contribution in [3.05, 3.63) is 64.7 Å². The lowest BCUT2D eigenvalue weighted by molar-refractivity contribution is -0.137. The molecule has 0 saturated heterocycles. The van der Waals surface area contributed by atoms with E-state index in [2.05, 4.69) is 10.5 Å². The highest BCUT2D eigenvalue weighted by atomic mass is 35.5. The number of anilines is 1. The van der Waals surface area contributed by atoms with E-state index in [9.17, 15) is 13.2 Å². The highest BCUT2D eigenvalue weighted by Crippen LogP contribution is 2.34. The number of alkyl halides is 3. The number of benzene rings is 2. The Labute approximate surface area is 118 Å². The molecule has 2 rings (SSSR count). The highest BCUT2D eigenvalue weighted by molar-refractivity contribution is 6.31. The van der Waals surface area contributed by atoms with Gasteiger partial charge in [-0.15, -0.1) is 0 Å². The maximum atomic E-state index is 12.7. The van der Waals surface area contributed by atoms with Gasteiger partial charge in [0.1, 0.15) is 0 Å². The monoisotopic (exact) mass is 298 g/mol. The molecule has 0 heterocycles. The summed E-state index contributed by atoms with van der Waals surface area (Å²) in [6.45, 7) is 0. The minimum atomic E-state index is -4.48. The number of nitrogens with one attached hydrogen (secondary N) is 1. The fourth-order valence-corrected chi connectivity index (χ4v) is 1.76. The Morgan fingerprint density at radius 2 is 1.75 bits per heavy atom. The Kier molecular flexibility index (Phi) is 4.29. The Bertz CT molecular complexity index is 610. The molecule has 0 aliphatic carbocycles. The number of hydrogen-bond acceptors (Lipinski definition) is 2. The Balaban J connectivity index is 2.14. The molecule has 2 aromatic rings. The van der Waals surface area contributed by atoms with Gasteiger partial charge >= 0.3 is 6.18 Å². The number of rotatable bonds is 3. The fourth-order valence-electron chi connectivity index (χ4n) is 1.53. The van der Waals surface area contributed by atoms with E-state index < -0.39 is 11.7 Å². The van der Waals surface area contributed by atoms with Crippen LogP contribution in [0.15, 0.2) is 53.6 Å². The minimum absolute atomic E-state index is 0.310. The molecule has 0 unspecified atom stereocenters. The van der Waals surface area contributed by atoms with Gasteiger partial charge in [-0.2, -0.15) is 18.3 Å². The van der Waals surface area contributed by atoms with E-state index in [0.717, 1.165) is 11.8 Å². The Morgan fingerprint density at radius 3 is 2.40 bits per heavy atom. The van der Waals surface area contributed by atoms with Gasteiger partial charge in [0.05, 0.1) is 22.5 Å². The fraction of sp³-hybridized carbons (Fsp3) is 0.0714. The van der Waals surface area contributed by atoms with Gasteiger partial charge in [-0.05, 0) is 29.8 Å². The molecular formula is C14H10ClF3N2. The summed E-state index contributed by atoms with van der Waals surface area (Å²) in [6, 6.07) is 12.7. The van der Waals surface area contributed by atoms with E-state index in [1.165, 1.54) is 18.3 Å². The number of para-hydroxylation sites is 1. The molecule has 0 aromatic heterocycles. The normalized spacial score (nSPS) is 11.8. The smallest absolute Gasteiger partial charge is 0.279 e.